The molecule has 0 radical (unpaired) electrons. The molecule has 0 aromatic heterocycles. The number of likely N-dealkylation sites (N-methyl/N-ethyl adjacent to an activating group) is 1. The second-order valence-electron chi connectivity index (χ2n) is 5.34. The Bertz CT molecular complexity index is 573. The maximum Gasteiger partial charge on any atom is 0.406 e. The first-order valence-electron chi connectivity index (χ1n) is 7.60. The van der Waals surface area contributed by atoms with E-state index >= 15 is 0 Å². The van der Waals surface area contributed by atoms with Crippen LogP contribution in [0.25, 0.3) is 0 Å². The zero-order chi connectivity index (χ0) is 18.2. The van der Waals surface area contributed by atoms with E-state index in [1.165, 1.54) is 0 Å². The van der Waals surface area contributed by atoms with Crippen molar-refractivity contribution >= 4 is 11.9 Å². The van der Waals surface area contributed by atoms with Gasteiger partial charge in [0.15, 0.2) is 5.96 Å². The van der Waals surface area contributed by atoms with Crippen molar-refractivity contribution in [3.63, 3.8) is 0 Å². The number of carbonyl (C=O) groups excluding carboxylic acids is 1. The fourth-order valence-corrected chi connectivity index (χ4v) is 1.94. The standard InChI is InChI=1S/C16H23F3N4O/c1-4-20-15(21-9-13-8-6-5-7-12(13)2)22-10-14(24)23(3)11-16(17,18)19/h5-8H,4,9-11H2,1-3H3,(H2,20,21,22). The van der Waals surface area contributed by atoms with E-state index in [1.54, 1.807) is 0 Å². The fourth-order valence-electron chi connectivity index (χ4n) is 1.94. The molecule has 24 heavy (non-hydrogen) atoms. The van der Waals surface area contributed by atoms with Gasteiger partial charge in [-0.3, -0.25) is 4.79 Å². The summed E-state index contributed by atoms with van der Waals surface area (Å²) < 4.78 is 36.8. The van der Waals surface area contributed by atoms with E-state index in [0.29, 0.717) is 23.9 Å². The van der Waals surface area contributed by atoms with Crippen LogP contribution in [-0.2, 0) is 11.3 Å². The number of hydrogen-bond donors (Lipinski definition) is 2. The van der Waals surface area contributed by atoms with Crippen molar-refractivity contribution in [3.05, 3.63) is 35.4 Å². The molecule has 0 unspecified atom stereocenters. The summed E-state index contributed by atoms with van der Waals surface area (Å²) in [5, 5.41) is 5.72. The molecule has 0 saturated carbocycles. The Labute approximate surface area is 139 Å². The number of aliphatic imine (C=N–C) groups is 1. The highest BCUT2D eigenvalue weighted by molar-refractivity contribution is 5.86. The second-order valence-corrected chi connectivity index (χ2v) is 5.34. The Balaban J connectivity index is 2.61. The maximum atomic E-state index is 12.3. The lowest BCUT2D eigenvalue weighted by molar-refractivity contribution is -0.157. The molecule has 0 bridgehead atoms. The largest absolute Gasteiger partial charge is 0.406 e. The van der Waals surface area contributed by atoms with Crippen molar-refractivity contribution in [3.8, 4) is 0 Å². The third-order valence-electron chi connectivity index (χ3n) is 3.26. The van der Waals surface area contributed by atoms with Crippen LogP contribution in [0.1, 0.15) is 18.1 Å². The first-order valence-corrected chi connectivity index (χ1v) is 7.60. The lowest BCUT2D eigenvalue weighted by atomic mass is 10.1. The molecule has 0 spiro atoms. The Morgan fingerprint density at radius 3 is 2.50 bits per heavy atom. The summed E-state index contributed by atoms with van der Waals surface area (Å²) in [6.45, 7) is 3.29. The Kier molecular flexibility index (Phi) is 7.54. The van der Waals surface area contributed by atoms with Crippen LogP contribution in [0.4, 0.5) is 13.2 Å². The maximum absolute atomic E-state index is 12.3. The predicted molar refractivity (Wildman–Crippen MR) is 87.7 cm³/mol. The molecule has 0 aliphatic carbocycles. The molecular weight excluding hydrogens is 321 g/mol. The van der Waals surface area contributed by atoms with Gasteiger partial charge in [-0.2, -0.15) is 13.2 Å². The third kappa shape index (κ3) is 7.34. The van der Waals surface area contributed by atoms with E-state index in [0.717, 1.165) is 18.2 Å². The van der Waals surface area contributed by atoms with Crippen molar-refractivity contribution in [1.29, 1.82) is 0 Å². The Morgan fingerprint density at radius 2 is 1.92 bits per heavy atom. The van der Waals surface area contributed by atoms with E-state index in [1.807, 2.05) is 38.1 Å². The van der Waals surface area contributed by atoms with Crippen LogP contribution in [-0.4, -0.2) is 49.6 Å². The fraction of sp³-hybridized carbons (Fsp3) is 0.500. The SMILES string of the molecule is CCNC(=NCc1ccccc1C)NCC(=O)N(C)CC(F)(F)F. The molecule has 0 aliphatic heterocycles. The van der Waals surface area contributed by atoms with Gasteiger partial charge in [-0.05, 0) is 25.0 Å². The highest BCUT2D eigenvalue weighted by atomic mass is 19.4. The molecule has 0 aliphatic rings. The minimum Gasteiger partial charge on any atom is -0.357 e. The number of rotatable bonds is 6. The van der Waals surface area contributed by atoms with Gasteiger partial charge in [0.1, 0.15) is 6.54 Å². The number of alkyl halides is 3. The van der Waals surface area contributed by atoms with Gasteiger partial charge < -0.3 is 15.5 Å². The number of halogens is 3. The van der Waals surface area contributed by atoms with Crippen molar-refractivity contribution in [1.82, 2.24) is 15.5 Å². The number of guanidine groups is 1. The van der Waals surface area contributed by atoms with Crippen LogP contribution in [0.5, 0.6) is 0 Å². The molecule has 0 heterocycles. The van der Waals surface area contributed by atoms with Crippen LogP contribution < -0.4 is 10.6 Å². The number of nitrogens with one attached hydrogen (secondary N) is 2. The van der Waals surface area contributed by atoms with Gasteiger partial charge in [0.25, 0.3) is 0 Å². The summed E-state index contributed by atoms with van der Waals surface area (Å²) in [5.74, 6) is -0.275. The Morgan fingerprint density at radius 1 is 1.25 bits per heavy atom. The minimum absolute atomic E-state index is 0.258. The lowest BCUT2D eigenvalue weighted by Crippen LogP contribution is -2.45. The first-order chi connectivity index (χ1) is 11.2. The van der Waals surface area contributed by atoms with Crippen molar-refractivity contribution in [2.24, 2.45) is 4.99 Å². The quantitative estimate of drug-likeness (QED) is 0.614. The predicted octanol–water partition coefficient (Wildman–Crippen LogP) is 2.07. The summed E-state index contributed by atoms with van der Waals surface area (Å²) in [4.78, 5) is 16.7. The lowest BCUT2D eigenvalue weighted by Gasteiger charge is -2.20. The number of nitrogens with zero attached hydrogens (tertiary/aromatic N) is 2. The zero-order valence-corrected chi connectivity index (χ0v) is 14.1. The topological polar surface area (TPSA) is 56.7 Å². The summed E-state index contributed by atoms with van der Waals surface area (Å²) in [6, 6.07) is 7.76. The average Bonchev–Trinajstić information content (AvgIpc) is 2.49. The normalized spacial score (nSPS) is 12.0. The number of amides is 1. The molecule has 0 atom stereocenters. The van der Waals surface area contributed by atoms with Crippen molar-refractivity contribution in [2.45, 2.75) is 26.6 Å². The van der Waals surface area contributed by atoms with Crippen LogP contribution in [0, 0.1) is 6.92 Å². The Hall–Kier alpha value is -2.25. The number of aryl methyl sites for hydroxylation is 1. The summed E-state index contributed by atoms with van der Waals surface area (Å²) in [7, 11) is 1.12. The van der Waals surface area contributed by atoms with Gasteiger partial charge in [-0.25, -0.2) is 4.99 Å². The highest BCUT2D eigenvalue weighted by Gasteiger charge is 2.31. The molecule has 2 N–H and O–H groups in total. The van der Waals surface area contributed by atoms with Crippen molar-refractivity contribution in [2.75, 3.05) is 26.7 Å². The van der Waals surface area contributed by atoms with Crippen molar-refractivity contribution < 1.29 is 18.0 Å². The van der Waals surface area contributed by atoms with Gasteiger partial charge in [0.05, 0.1) is 13.1 Å². The monoisotopic (exact) mass is 344 g/mol. The van der Waals surface area contributed by atoms with Gasteiger partial charge in [0, 0.05) is 13.6 Å². The van der Waals surface area contributed by atoms with E-state index in [2.05, 4.69) is 15.6 Å². The van der Waals surface area contributed by atoms with Gasteiger partial charge >= 0.3 is 6.18 Å². The molecular formula is C16H23F3N4O. The van der Waals surface area contributed by atoms with E-state index in [-0.39, 0.29) is 6.54 Å². The molecule has 1 rings (SSSR count). The van der Waals surface area contributed by atoms with Crippen LogP contribution in [0.2, 0.25) is 0 Å². The molecule has 1 amide bonds. The third-order valence-corrected chi connectivity index (χ3v) is 3.26. The smallest absolute Gasteiger partial charge is 0.357 e. The van der Waals surface area contributed by atoms with Crippen LogP contribution in [0.15, 0.2) is 29.3 Å². The highest BCUT2D eigenvalue weighted by Crippen LogP contribution is 2.15. The minimum atomic E-state index is -4.41. The molecule has 134 valence electrons. The van der Waals surface area contributed by atoms with Gasteiger partial charge in [-0.1, -0.05) is 24.3 Å². The molecule has 0 saturated heterocycles. The van der Waals surface area contributed by atoms with E-state index < -0.39 is 18.6 Å². The number of hydrogen-bond acceptors (Lipinski definition) is 2. The van der Waals surface area contributed by atoms with Crippen LogP contribution in [0.3, 0.4) is 0 Å². The van der Waals surface area contributed by atoms with E-state index in [9.17, 15) is 18.0 Å². The first kappa shape index (κ1) is 19.8. The van der Waals surface area contributed by atoms with Crippen LogP contribution >= 0.6 is 0 Å². The molecule has 5 nitrogen and oxygen atoms in total. The number of benzene rings is 1. The average molecular weight is 344 g/mol. The number of carbonyl (C=O) groups is 1. The molecule has 1 aromatic carbocycles. The van der Waals surface area contributed by atoms with Gasteiger partial charge in [0.2, 0.25) is 5.91 Å². The second kappa shape index (κ2) is 9.14. The molecule has 1 aromatic rings. The van der Waals surface area contributed by atoms with Gasteiger partial charge in [-0.15, -0.1) is 0 Å². The summed E-state index contributed by atoms with van der Waals surface area (Å²) in [6.07, 6.45) is -4.41. The van der Waals surface area contributed by atoms with E-state index in [4.69, 9.17) is 0 Å². The zero-order valence-electron chi connectivity index (χ0n) is 14.1. The molecule has 0 fully saturated rings. The summed E-state index contributed by atoms with van der Waals surface area (Å²) >= 11 is 0. The summed E-state index contributed by atoms with van der Waals surface area (Å²) in [5.41, 5.74) is 2.13. The molecule has 8 heteroatoms.